The minimum atomic E-state index is -0.206. The molecule has 0 saturated heterocycles. The van der Waals surface area contributed by atoms with Gasteiger partial charge in [0.2, 0.25) is 0 Å². The Morgan fingerprint density at radius 1 is 1.44 bits per heavy atom. The quantitative estimate of drug-likeness (QED) is 0.821. The van der Waals surface area contributed by atoms with Crippen LogP contribution < -0.4 is 5.32 Å². The van der Waals surface area contributed by atoms with Gasteiger partial charge in [-0.3, -0.25) is 4.79 Å². The number of ether oxygens (including phenoxy) is 1. The molecule has 1 aromatic rings. The summed E-state index contributed by atoms with van der Waals surface area (Å²) in [5.74, 6) is -0.206. The van der Waals surface area contributed by atoms with Gasteiger partial charge >= 0.3 is 5.97 Å². The van der Waals surface area contributed by atoms with Crippen molar-refractivity contribution >= 4 is 21.9 Å². The summed E-state index contributed by atoms with van der Waals surface area (Å²) in [6.07, 6.45) is 0. The van der Waals surface area contributed by atoms with Gasteiger partial charge in [-0.15, -0.1) is 0 Å². The summed E-state index contributed by atoms with van der Waals surface area (Å²) in [5, 5.41) is 3.14. The number of hydrogen-bond acceptors (Lipinski definition) is 3. The third-order valence-corrected chi connectivity index (χ3v) is 3.24. The highest BCUT2D eigenvalue weighted by molar-refractivity contribution is 9.10. The Hall–Kier alpha value is -0.870. The van der Waals surface area contributed by atoms with Crippen molar-refractivity contribution in [3.8, 4) is 0 Å². The Balaban J connectivity index is 2.52. The molecule has 0 aliphatic heterocycles. The molecule has 1 N–H and O–H groups in total. The van der Waals surface area contributed by atoms with Crippen molar-refractivity contribution in [2.45, 2.75) is 26.2 Å². The number of esters is 1. The SMILES string of the molecule is CCOC(=O)CNCC(C)(C)c1cccc(Br)c1. The van der Waals surface area contributed by atoms with Crippen LogP contribution in [0.3, 0.4) is 0 Å². The minimum absolute atomic E-state index is 0.0315. The van der Waals surface area contributed by atoms with Gasteiger partial charge in [-0.05, 0) is 24.6 Å². The van der Waals surface area contributed by atoms with Gasteiger partial charge < -0.3 is 10.1 Å². The fourth-order valence-electron chi connectivity index (χ4n) is 1.70. The average molecular weight is 314 g/mol. The lowest BCUT2D eigenvalue weighted by Gasteiger charge is -2.25. The molecule has 18 heavy (non-hydrogen) atoms. The summed E-state index contributed by atoms with van der Waals surface area (Å²) in [5.41, 5.74) is 1.20. The molecule has 1 rings (SSSR count). The molecule has 0 heterocycles. The van der Waals surface area contributed by atoms with E-state index in [-0.39, 0.29) is 17.9 Å². The van der Waals surface area contributed by atoms with E-state index in [9.17, 15) is 4.79 Å². The number of carbonyl (C=O) groups excluding carboxylic acids is 1. The highest BCUT2D eigenvalue weighted by atomic mass is 79.9. The molecule has 0 radical (unpaired) electrons. The maximum absolute atomic E-state index is 11.2. The molecule has 0 spiro atoms. The topological polar surface area (TPSA) is 38.3 Å². The van der Waals surface area contributed by atoms with Crippen LogP contribution >= 0.6 is 15.9 Å². The molecule has 4 heteroatoms. The van der Waals surface area contributed by atoms with Gasteiger partial charge in [-0.2, -0.15) is 0 Å². The van der Waals surface area contributed by atoms with E-state index in [2.05, 4.69) is 47.2 Å². The summed E-state index contributed by atoms with van der Waals surface area (Å²) in [6, 6.07) is 8.22. The zero-order valence-corrected chi connectivity index (χ0v) is 12.7. The smallest absolute Gasteiger partial charge is 0.319 e. The Morgan fingerprint density at radius 2 is 2.17 bits per heavy atom. The van der Waals surface area contributed by atoms with Crippen molar-refractivity contribution < 1.29 is 9.53 Å². The molecular formula is C14H20BrNO2. The van der Waals surface area contributed by atoms with Gasteiger partial charge in [-0.1, -0.05) is 41.9 Å². The second-order valence-corrected chi connectivity index (χ2v) is 5.72. The molecular weight excluding hydrogens is 294 g/mol. The first-order valence-corrected chi connectivity index (χ1v) is 6.87. The molecule has 1 aromatic carbocycles. The number of nitrogens with one attached hydrogen (secondary N) is 1. The number of halogens is 1. The van der Waals surface area contributed by atoms with Crippen LogP contribution in [0.2, 0.25) is 0 Å². The maximum atomic E-state index is 11.2. The van der Waals surface area contributed by atoms with Crippen molar-refractivity contribution in [1.29, 1.82) is 0 Å². The number of benzene rings is 1. The molecule has 0 aromatic heterocycles. The van der Waals surface area contributed by atoms with Crippen molar-refractivity contribution in [1.82, 2.24) is 5.32 Å². The Kier molecular flexibility index (Phi) is 5.82. The molecule has 0 aliphatic carbocycles. The van der Waals surface area contributed by atoms with E-state index in [1.54, 1.807) is 0 Å². The van der Waals surface area contributed by atoms with Crippen LogP contribution in [0.1, 0.15) is 26.3 Å². The zero-order valence-electron chi connectivity index (χ0n) is 11.1. The van der Waals surface area contributed by atoms with E-state index in [0.29, 0.717) is 6.61 Å². The molecule has 0 aliphatic rings. The van der Waals surface area contributed by atoms with Crippen molar-refractivity contribution in [2.75, 3.05) is 19.7 Å². The van der Waals surface area contributed by atoms with Crippen LogP contribution in [0.15, 0.2) is 28.7 Å². The van der Waals surface area contributed by atoms with Crippen LogP contribution in [0.5, 0.6) is 0 Å². The normalized spacial score (nSPS) is 11.3. The summed E-state index contributed by atoms with van der Waals surface area (Å²) >= 11 is 3.47. The number of rotatable bonds is 6. The van der Waals surface area contributed by atoms with Gasteiger partial charge in [0.1, 0.15) is 0 Å². The van der Waals surface area contributed by atoms with E-state index < -0.39 is 0 Å². The van der Waals surface area contributed by atoms with Crippen molar-refractivity contribution in [3.05, 3.63) is 34.3 Å². The van der Waals surface area contributed by atoms with Crippen LogP contribution in [-0.4, -0.2) is 25.7 Å². The Bertz CT molecular complexity index is 405. The number of hydrogen-bond donors (Lipinski definition) is 1. The lowest BCUT2D eigenvalue weighted by atomic mass is 9.84. The second kappa shape index (κ2) is 6.90. The van der Waals surface area contributed by atoms with E-state index in [0.717, 1.165) is 11.0 Å². The van der Waals surface area contributed by atoms with Crippen molar-refractivity contribution in [2.24, 2.45) is 0 Å². The summed E-state index contributed by atoms with van der Waals surface area (Å²) in [7, 11) is 0. The van der Waals surface area contributed by atoms with Crippen molar-refractivity contribution in [3.63, 3.8) is 0 Å². The highest BCUT2D eigenvalue weighted by Crippen LogP contribution is 2.24. The molecule has 0 atom stereocenters. The summed E-state index contributed by atoms with van der Waals surface area (Å²) in [4.78, 5) is 11.2. The maximum Gasteiger partial charge on any atom is 0.319 e. The lowest BCUT2D eigenvalue weighted by molar-refractivity contribution is -0.142. The molecule has 3 nitrogen and oxygen atoms in total. The first-order valence-electron chi connectivity index (χ1n) is 6.08. The zero-order chi connectivity index (χ0) is 13.6. The average Bonchev–Trinajstić information content (AvgIpc) is 2.29. The van der Waals surface area contributed by atoms with Crippen LogP contribution in [0, 0.1) is 0 Å². The van der Waals surface area contributed by atoms with Gasteiger partial charge in [0.05, 0.1) is 13.2 Å². The summed E-state index contributed by atoms with van der Waals surface area (Å²) < 4.78 is 5.94. The largest absolute Gasteiger partial charge is 0.465 e. The molecule has 0 amide bonds. The van der Waals surface area contributed by atoms with E-state index in [1.165, 1.54) is 5.56 Å². The van der Waals surface area contributed by atoms with Crippen LogP contribution in [0.25, 0.3) is 0 Å². The standard InChI is InChI=1S/C14H20BrNO2/c1-4-18-13(17)9-16-10-14(2,3)11-6-5-7-12(15)8-11/h5-8,16H,4,9-10H2,1-3H3. The molecule has 100 valence electrons. The van der Waals surface area contributed by atoms with Gasteiger partial charge in [-0.25, -0.2) is 0 Å². The van der Waals surface area contributed by atoms with Crippen LogP contribution in [-0.2, 0) is 14.9 Å². The first-order chi connectivity index (χ1) is 8.45. The van der Waals surface area contributed by atoms with E-state index in [4.69, 9.17) is 4.74 Å². The first kappa shape index (κ1) is 15.2. The Morgan fingerprint density at radius 3 is 2.78 bits per heavy atom. The molecule has 0 saturated carbocycles. The fourth-order valence-corrected chi connectivity index (χ4v) is 2.10. The predicted octanol–water partition coefficient (Wildman–Crippen LogP) is 2.88. The lowest BCUT2D eigenvalue weighted by Crippen LogP contribution is -2.36. The minimum Gasteiger partial charge on any atom is -0.465 e. The van der Waals surface area contributed by atoms with E-state index >= 15 is 0 Å². The molecule has 0 fully saturated rings. The highest BCUT2D eigenvalue weighted by Gasteiger charge is 2.20. The van der Waals surface area contributed by atoms with Gasteiger partial charge in [0, 0.05) is 16.4 Å². The van der Waals surface area contributed by atoms with E-state index in [1.807, 2.05) is 19.1 Å². The number of carbonyl (C=O) groups is 1. The third kappa shape index (κ3) is 4.78. The fraction of sp³-hybridized carbons (Fsp3) is 0.500. The monoisotopic (exact) mass is 313 g/mol. The van der Waals surface area contributed by atoms with Crippen LogP contribution in [0.4, 0.5) is 0 Å². The van der Waals surface area contributed by atoms with Gasteiger partial charge in [0.15, 0.2) is 0 Å². The second-order valence-electron chi connectivity index (χ2n) is 4.80. The van der Waals surface area contributed by atoms with Gasteiger partial charge in [0.25, 0.3) is 0 Å². The molecule has 0 unspecified atom stereocenters. The Labute approximate surface area is 117 Å². The summed E-state index contributed by atoms with van der Waals surface area (Å²) in [6.45, 7) is 7.51. The third-order valence-electron chi connectivity index (χ3n) is 2.75. The molecule has 0 bridgehead atoms. The predicted molar refractivity (Wildman–Crippen MR) is 76.7 cm³/mol.